The van der Waals surface area contributed by atoms with E-state index >= 15 is 0 Å². The van der Waals surface area contributed by atoms with Gasteiger partial charge in [0.25, 0.3) is 5.91 Å². The molecule has 0 aliphatic rings. The maximum absolute atomic E-state index is 13.3. The standard InChI is InChI=1S/C26H36N2O3/c1-6-16-27-26(30)23(7-2)28(17-21-13-9-8-12-20(21)5)25(29)18-31-24-15-11-10-14-22(24)19(3)4/h8-15,19,23H,6-7,16-18H2,1-5H3,(H,27,30)/t23-/m1/s1. The van der Waals surface area contributed by atoms with Crippen molar-refractivity contribution in [1.29, 1.82) is 0 Å². The number of rotatable bonds is 11. The van der Waals surface area contributed by atoms with E-state index < -0.39 is 6.04 Å². The molecule has 5 nitrogen and oxygen atoms in total. The van der Waals surface area contributed by atoms with Crippen LogP contribution in [0.2, 0.25) is 0 Å². The molecule has 5 heteroatoms. The summed E-state index contributed by atoms with van der Waals surface area (Å²) in [5.41, 5.74) is 3.18. The van der Waals surface area contributed by atoms with Gasteiger partial charge in [-0.25, -0.2) is 0 Å². The molecule has 0 fully saturated rings. The SMILES string of the molecule is CCCNC(=O)[C@@H](CC)N(Cc1ccccc1C)C(=O)COc1ccccc1C(C)C. The molecule has 31 heavy (non-hydrogen) atoms. The first kappa shape index (κ1) is 24.4. The molecule has 0 saturated carbocycles. The Balaban J connectivity index is 2.25. The van der Waals surface area contributed by atoms with Crippen molar-refractivity contribution < 1.29 is 14.3 Å². The second kappa shape index (κ2) is 12.1. The van der Waals surface area contributed by atoms with Gasteiger partial charge in [0.15, 0.2) is 6.61 Å². The van der Waals surface area contributed by atoms with E-state index in [-0.39, 0.29) is 24.3 Å². The van der Waals surface area contributed by atoms with Crippen molar-refractivity contribution >= 4 is 11.8 Å². The van der Waals surface area contributed by atoms with E-state index in [0.717, 1.165) is 23.1 Å². The van der Waals surface area contributed by atoms with Crippen molar-refractivity contribution in [3.63, 3.8) is 0 Å². The molecule has 0 aliphatic carbocycles. The van der Waals surface area contributed by atoms with Crippen molar-refractivity contribution in [1.82, 2.24) is 10.2 Å². The predicted molar refractivity (Wildman–Crippen MR) is 125 cm³/mol. The molecule has 1 atom stereocenters. The first-order chi connectivity index (χ1) is 14.9. The van der Waals surface area contributed by atoms with Crippen LogP contribution in [0.4, 0.5) is 0 Å². The number of benzene rings is 2. The van der Waals surface area contributed by atoms with E-state index in [0.29, 0.717) is 25.3 Å². The van der Waals surface area contributed by atoms with Gasteiger partial charge < -0.3 is 15.0 Å². The fourth-order valence-electron chi connectivity index (χ4n) is 3.57. The lowest BCUT2D eigenvalue weighted by Crippen LogP contribution is -2.50. The molecule has 0 spiro atoms. The van der Waals surface area contributed by atoms with Crippen LogP contribution in [0.5, 0.6) is 5.75 Å². The highest BCUT2D eigenvalue weighted by Crippen LogP contribution is 2.26. The average molecular weight is 425 g/mol. The summed E-state index contributed by atoms with van der Waals surface area (Å²) in [7, 11) is 0. The number of hydrogen-bond acceptors (Lipinski definition) is 3. The molecular formula is C26H36N2O3. The van der Waals surface area contributed by atoms with Crippen LogP contribution >= 0.6 is 0 Å². The molecule has 0 saturated heterocycles. The number of nitrogens with one attached hydrogen (secondary N) is 1. The molecule has 0 aliphatic heterocycles. The molecule has 2 aromatic rings. The highest BCUT2D eigenvalue weighted by molar-refractivity contribution is 5.88. The fraction of sp³-hybridized carbons (Fsp3) is 0.462. The highest BCUT2D eigenvalue weighted by atomic mass is 16.5. The van der Waals surface area contributed by atoms with Gasteiger partial charge in [-0.2, -0.15) is 0 Å². The van der Waals surface area contributed by atoms with Crippen LogP contribution in [0.15, 0.2) is 48.5 Å². The number of hydrogen-bond donors (Lipinski definition) is 1. The number of carbonyl (C=O) groups excluding carboxylic acids is 2. The van der Waals surface area contributed by atoms with E-state index in [1.54, 1.807) is 4.90 Å². The van der Waals surface area contributed by atoms with Crippen LogP contribution in [0, 0.1) is 6.92 Å². The van der Waals surface area contributed by atoms with Crippen molar-refractivity contribution in [2.45, 2.75) is 66.0 Å². The summed E-state index contributed by atoms with van der Waals surface area (Å²) >= 11 is 0. The molecule has 0 bridgehead atoms. The van der Waals surface area contributed by atoms with E-state index in [9.17, 15) is 9.59 Å². The van der Waals surface area contributed by atoms with Crippen LogP contribution in [0.3, 0.4) is 0 Å². The molecule has 2 aromatic carbocycles. The third-order valence-corrected chi connectivity index (χ3v) is 5.43. The molecule has 0 heterocycles. The van der Waals surface area contributed by atoms with Crippen molar-refractivity contribution in [3.8, 4) is 5.75 Å². The molecule has 2 amide bonds. The smallest absolute Gasteiger partial charge is 0.261 e. The Bertz CT molecular complexity index is 863. The van der Waals surface area contributed by atoms with Gasteiger partial charge in [0.1, 0.15) is 11.8 Å². The van der Waals surface area contributed by atoms with Crippen molar-refractivity contribution in [3.05, 3.63) is 65.2 Å². The Labute approximate surface area is 186 Å². The molecule has 0 aromatic heterocycles. The molecule has 2 rings (SSSR count). The molecule has 1 N–H and O–H groups in total. The Morgan fingerprint density at radius 2 is 1.71 bits per heavy atom. The summed E-state index contributed by atoms with van der Waals surface area (Å²) in [5.74, 6) is 0.692. The molecule has 168 valence electrons. The first-order valence-corrected chi connectivity index (χ1v) is 11.2. The van der Waals surface area contributed by atoms with E-state index in [1.165, 1.54) is 0 Å². The van der Waals surface area contributed by atoms with Crippen LogP contribution in [-0.4, -0.2) is 35.9 Å². The van der Waals surface area contributed by atoms with Gasteiger partial charge in [-0.15, -0.1) is 0 Å². The fourth-order valence-corrected chi connectivity index (χ4v) is 3.57. The largest absolute Gasteiger partial charge is 0.483 e. The summed E-state index contributed by atoms with van der Waals surface area (Å²) in [5, 5.41) is 2.94. The minimum absolute atomic E-state index is 0.104. The van der Waals surface area contributed by atoms with Gasteiger partial charge >= 0.3 is 0 Å². The van der Waals surface area contributed by atoms with Gasteiger partial charge in [0.2, 0.25) is 5.91 Å². The average Bonchev–Trinajstić information content (AvgIpc) is 2.77. The molecular weight excluding hydrogens is 388 g/mol. The third-order valence-electron chi connectivity index (χ3n) is 5.43. The van der Waals surface area contributed by atoms with Gasteiger partial charge in [0.05, 0.1) is 0 Å². The molecule has 0 unspecified atom stereocenters. The third kappa shape index (κ3) is 6.84. The molecule has 0 radical (unpaired) electrons. The zero-order valence-electron chi connectivity index (χ0n) is 19.5. The number of ether oxygens (including phenoxy) is 1. The lowest BCUT2D eigenvalue weighted by molar-refractivity contribution is -0.143. The van der Waals surface area contributed by atoms with Crippen LogP contribution in [0.25, 0.3) is 0 Å². The van der Waals surface area contributed by atoms with Crippen LogP contribution < -0.4 is 10.1 Å². The Morgan fingerprint density at radius 1 is 1.03 bits per heavy atom. The summed E-state index contributed by atoms with van der Waals surface area (Å²) in [6, 6.07) is 15.2. The quantitative estimate of drug-likeness (QED) is 0.562. The lowest BCUT2D eigenvalue weighted by Gasteiger charge is -2.31. The summed E-state index contributed by atoms with van der Waals surface area (Å²) < 4.78 is 5.94. The van der Waals surface area contributed by atoms with Gasteiger partial charge in [-0.3, -0.25) is 9.59 Å². The maximum atomic E-state index is 13.3. The second-order valence-corrected chi connectivity index (χ2v) is 8.14. The van der Waals surface area contributed by atoms with Gasteiger partial charge in [-0.05, 0) is 48.4 Å². The number of amides is 2. The Kier molecular flexibility index (Phi) is 9.57. The Hall–Kier alpha value is -2.82. The van der Waals surface area contributed by atoms with E-state index in [2.05, 4.69) is 19.2 Å². The van der Waals surface area contributed by atoms with Crippen LogP contribution in [-0.2, 0) is 16.1 Å². The first-order valence-electron chi connectivity index (χ1n) is 11.2. The van der Waals surface area contributed by atoms with Crippen LogP contribution in [0.1, 0.15) is 63.1 Å². The Morgan fingerprint density at radius 3 is 2.35 bits per heavy atom. The van der Waals surface area contributed by atoms with Crippen molar-refractivity contribution in [2.75, 3.05) is 13.2 Å². The van der Waals surface area contributed by atoms with E-state index in [1.807, 2.05) is 69.3 Å². The summed E-state index contributed by atoms with van der Waals surface area (Å²) in [6.45, 7) is 11.0. The maximum Gasteiger partial charge on any atom is 0.261 e. The minimum Gasteiger partial charge on any atom is -0.483 e. The summed E-state index contributed by atoms with van der Waals surface area (Å²) in [6.07, 6.45) is 1.39. The normalized spacial score (nSPS) is 11.8. The minimum atomic E-state index is -0.539. The van der Waals surface area contributed by atoms with Gasteiger partial charge in [-0.1, -0.05) is 70.2 Å². The van der Waals surface area contributed by atoms with E-state index in [4.69, 9.17) is 4.74 Å². The lowest BCUT2D eigenvalue weighted by atomic mass is 10.0. The second-order valence-electron chi connectivity index (χ2n) is 8.14. The zero-order chi connectivity index (χ0) is 22.8. The number of carbonyl (C=O) groups is 2. The predicted octanol–water partition coefficient (Wildman–Crippen LogP) is 4.83. The zero-order valence-corrected chi connectivity index (χ0v) is 19.5. The highest BCUT2D eigenvalue weighted by Gasteiger charge is 2.29. The number of nitrogens with zero attached hydrogens (tertiary/aromatic N) is 1. The number of aryl methyl sites for hydroxylation is 1. The topological polar surface area (TPSA) is 58.6 Å². The number of para-hydroxylation sites is 1. The van der Waals surface area contributed by atoms with Crippen molar-refractivity contribution in [2.24, 2.45) is 0 Å². The summed E-state index contributed by atoms with van der Waals surface area (Å²) in [4.78, 5) is 27.8. The van der Waals surface area contributed by atoms with Gasteiger partial charge in [0, 0.05) is 13.1 Å². The monoisotopic (exact) mass is 424 g/mol.